The van der Waals surface area contributed by atoms with Crippen molar-refractivity contribution in [2.75, 3.05) is 58.6 Å². The second-order valence-corrected chi connectivity index (χ2v) is 7.77. The minimum Gasteiger partial charge on any atom is -0.497 e. The van der Waals surface area contributed by atoms with Crippen molar-refractivity contribution in [3.8, 4) is 41.0 Å². The zero-order valence-corrected chi connectivity index (χ0v) is 20.6. The molecule has 1 aliphatic rings. The summed E-state index contributed by atoms with van der Waals surface area (Å²) in [7, 11) is 3.16. The lowest BCUT2D eigenvalue weighted by molar-refractivity contribution is 0.110. The van der Waals surface area contributed by atoms with Crippen molar-refractivity contribution < 1.29 is 28.4 Å². The highest BCUT2D eigenvalue weighted by molar-refractivity contribution is 6.17. The molecule has 10 heteroatoms. The SMILES string of the molecule is COCC#Cc1ccc(Nc2c(C#N)c(OCCOCCCl)nc3ccc(OC)cc23)c2c1OCO2. The molecule has 0 aliphatic carbocycles. The molecule has 186 valence electrons. The van der Waals surface area contributed by atoms with E-state index in [2.05, 4.69) is 28.2 Å². The highest BCUT2D eigenvalue weighted by atomic mass is 35.5. The maximum atomic E-state index is 10.1. The first-order chi connectivity index (χ1) is 17.7. The number of rotatable bonds is 10. The van der Waals surface area contributed by atoms with Crippen molar-refractivity contribution in [3.63, 3.8) is 0 Å². The van der Waals surface area contributed by atoms with Gasteiger partial charge in [-0.05, 0) is 30.3 Å². The predicted molar refractivity (Wildman–Crippen MR) is 135 cm³/mol. The van der Waals surface area contributed by atoms with Crippen LogP contribution >= 0.6 is 11.6 Å². The highest BCUT2D eigenvalue weighted by Crippen LogP contribution is 2.45. The summed E-state index contributed by atoms with van der Waals surface area (Å²) in [6.45, 7) is 1.28. The fourth-order valence-corrected chi connectivity index (χ4v) is 3.68. The van der Waals surface area contributed by atoms with E-state index in [1.807, 2.05) is 12.1 Å². The number of pyridine rings is 1. The van der Waals surface area contributed by atoms with E-state index >= 15 is 0 Å². The zero-order valence-electron chi connectivity index (χ0n) is 19.9. The Kier molecular flexibility index (Phi) is 8.53. The number of nitrogens with one attached hydrogen (secondary N) is 1. The number of alkyl halides is 1. The Labute approximate surface area is 213 Å². The van der Waals surface area contributed by atoms with Crippen molar-refractivity contribution >= 4 is 33.9 Å². The van der Waals surface area contributed by atoms with Crippen LogP contribution in [0.1, 0.15) is 11.1 Å². The topological polar surface area (TPSA) is 104 Å². The second-order valence-electron chi connectivity index (χ2n) is 7.40. The summed E-state index contributed by atoms with van der Waals surface area (Å²) in [5, 5.41) is 14.1. The fourth-order valence-electron chi connectivity index (χ4n) is 3.57. The number of methoxy groups -OCH3 is 2. The predicted octanol–water partition coefficient (Wildman–Crippen LogP) is 4.22. The van der Waals surface area contributed by atoms with Gasteiger partial charge in [0, 0.05) is 18.4 Å². The Hall–Kier alpha value is -3.89. The van der Waals surface area contributed by atoms with Crippen LogP contribution in [-0.4, -0.2) is 58.3 Å². The molecule has 36 heavy (non-hydrogen) atoms. The molecule has 1 aromatic heterocycles. The van der Waals surface area contributed by atoms with Gasteiger partial charge in [0.2, 0.25) is 12.7 Å². The number of hydrogen-bond acceptors (Lipinski definition) is 9. The van der Waals surface area contributed by atoms with Crippen LogP contribution in [0.5, 0.6) is 23.1 Å². The largest absolute Gasteiger partial charge is 0.497 e. The van der Waals surface area contributed by atoms with Gasteiger partial charge in [0.1, 0.15) is 30.6 Å². The summed E-state index contributed by atoms with van der Waals surface area (Å²) in [4.78, 5) is 4.56. The molecule has 0 unspecified atom stereocenters. The zero-order chi connectivity index (χ0) is 25.3. The number of halogens is 1. The summed E-state index contributed by atoms with van der Waals surface area (Å²) in [6, 6.07) is 11.3. The van der Waals surface area contributed by atoms with Crippen LogP contribution in [0.3, 0.4) is 0 Å². The number of benzene rings is 2. The Morgan fingerprint density at radius 2 is 1.97 bits per heavy atom. The lowest BCUT2D eigenvalue weighted by Gasteiger charge is -2.17. The minimum atomic E-state index is 0.0552. The third kappa shape index (κ3) is 5.50. The fraction of sp³-hybridized carbons (Fsp3) is 0.308. The van der Waals surface area contributed by atoms with Crippen molar-refractivity contribution in [2.24, 2.45) is 0 Å². The summed E-state index contributed by atoms with van der Waals surface area (Å²) in [5.74, 6) is 8.15. The number of nitrogens with zero attached hydrogens (tertiary/aromatic N) is 2. The number of nitriles is 1. The van der Waals surface area contributed by atoms with Gasteiger partial charge in [0.25, 0.3) is 0 Å². The third-order valence-electron chi connectivity index (χ3n) is 5.18. The molecule has 0 bridgehead atoms. The van der Waals surface area contributed by atoms with Crippen LogP contribution in [0.4, 0.5) is 11.4 Å². The minimum absolute atomic E-state index is 0.0552. The first-order valence-corrected chi connectivity index (χ1v) is 11.6. The highest BCUT2D eigenvalue weighted by Gasteiger charge is 2.24. The molecule has 0 fully saturated rings. The molecular formula is C26H24ClN3O6. The molecule has 0 saturated carbocycles. The van der Waals surface area contributed by atoms with E-state index in [0.29, 0.717) is 70.8 Å². The Morgan fingerprint density at radius 3 is 2.75 bits per heavy atom. The Balaban J connectivity index is 1.76. The maximum Gasteiger partial charge on any atom is 0.234 e. The van der Waals surface area contributed by atoms with E-state index in [1.54, 1.807) is 32.4 Å². The summed E-state index contributed by atoms with van der Waals surface area (Å²) in [5.41, 5.74) is 2.61. The quantitative estimate of drug-likeness (QED) is 0.244. The first-order valence-electron chi connectivity index (χ1n) is 11.1. The summed E-state index contributed by atoms with van der Waals surface area (Å²) in [6.07, 6.45) is 0. The van der Waals surface area contributed by atoms with Gasteiger partial charge in [-0.3, -0.25) is 0 Å². The summed E-state index contributed by atoms with van der Waals surface area (Å²) < 4.78 is 33.0. The maximum absolute atomic E-state index is 10.1. The number of ether oxygens (including phenoxy) is 6. The molecule has 3 aromatic rings. The van der Waals surface area contributed by atoms with Gasteiger partial charge >= 0.3 is 0 Å². The molecule has 2 heterocycles. The molecule has 1 N–H and O–H groups in total. The van der Waals surface area contributed by atoms with E-state index in [9.17, 15) is 5.26 Å². The van der Waals surface area contributed by atoms with Crippen molar-refractivity contribution in [1.29, 1.82) is 5.26 Å². The van der Waals surface area contributed by atoms with Crippen LogP contribution in [0.2, 0.25) is 0 Å². The molecule has 0 saturated heterocycles. The normalized spacial score (nSPS) is 11.5. The molecule has 4 rings (SSSR count). The third-order valence-corrected chi connectivity index (χ3v) is 5.33. The van der Waals surface area contributed by atoms with Gasteiger partial charge < -0.3 is 33.7 Å². The first kappa shape index (κ1) is 25.2. The number of anilines is 2. The van der Waals surface area contributed by atoms with Crippen molar-refractivity contribution in [2.45, 2.75) is 0 Å². The van der Waals surface area contributed by atoms with Crippen molar-refractivity contribution in [3.05, 3.63) is 41.5 Å². The lowest BCUT2D eigenvalue weighted by Crippen LogP contribution is -2.10. The molecule has 9 nitrogen and oxygen atoms in total. The Bertz CT molecular complexity index is 1350. The van der Waals surface area contributed by atoms with Gasteiger partial charge in [0.05, 0.1) is 42.8 Å². The van der Waals surface area contributed by atoms with Crippen LogP contribution in [0.25, 0.3) is 10.9 Å². The molecule has 0 spiro atoms. The van der Waals surface area contributed by atoms with Crippen LogP contribution in [0, 0.1) is 23.2 Å². The Morgan fingerprint density at radius 1 is 1.11 bits per heavy atom. The molecular weight excluding hydrogens is 486 g/mol. The number of hydrogen-bond donors (Lipinski definition) is 1. The number of fused-ring (bicyclic) bond motifs is 2. The smallest absolute Gasteiger partial charge is 0.234 e. The van der Waals surface area contributed by atoms with Gasteiger partial charge in [0.15, 0.2) is 11.5 Å². The monoisotopic (exact) mass is 509 g/mol. The van der Waals surface area contributed by atoms with E-state index in [0.717, 1.165) is 0 Å². The lowest BCUT2D eigenvalue weighted by atomic mass is 10.1. The summed E-state index contributed by atoms with van der Waals surface area (Å²) >= 11 is 5.64. The molecule has 0 radical (unpaired) electrons. The van der Waals surface area contributed by atoms with Gasteiger partial charge in [-0.25, -0.2) is 4.98 Å². The second kappa shape index (κ2) is 12.2. The number of aromatic nitrogens is 1. The van der Waals surface area contributed by atoms with Gasteiger partial charge in [-0.2, -0.15) is 5.26 Å². The van der Waals surface area contributed by atoms with Crippen LogP contribution < -0.4 is 24.3 Å². The average molecular weight is 510 g/mol. The molecule has 0 atom stereocenters. The van der Waals surface area contributed by atoms with Crippen LogP contribution in [0.15, 0.2) is 30.3 Å². The standard InChI is InChI=1S/C26H24ClN3O6/c1-31-10-3-4-17-5-7-22(25-24(17)35-16-36-25)29-23-19-14-18(32-2)6-8-21(19)30-26(20(23)15-28)34-13-12-33-11-9-27/h5-8,14H,9-13,16H2,1-2H3,(H,29,30). The van der Waals surface area contributed by atoms with Crippen molar-refractivity contribution in [1.82, 2.24) is 4.98 Å². The molecule has 1 aliphatic heterocycles. The van der Waals surface area contributed by atoms with Gasteiger partial charge in [-0.15, -0.1) is 11.6 Å². The van der Waals surface area contributed by atoms with E-state index in [4.69, 9.17) is 40.0 Å². The molecule has 0 amide bonds. The van der Waals surface area contributed by atoms with E-state index in [-0.39, 0.29) is 24.8 Å². The molecule has 2 aromatic carbocycles. The van der Waals surface area contributed by atoms with Gasteiger partial charge in [-0.1, -0.05) is 11.8 Å². The van der Waals surface area contributed by atoms with Crippen LogP contribution in [-0.2, 0) is 9.47 Å². The van der Waals surface area contributed by atoms with E-state index < -0.39 is 0 Å². The van der Waals surface area contributed by atoms with E-state index in [1.165, 1.54) is 0 Å². The average Bonchev–Trinajstić information content (AvgIpc) is 3.40.